The van der Waals surface area contributed by atoms with Crippen LogP contribution < -0.4 is 5.32 Å². The standard InChI is InChI=1S/C17H27NO3/c1-4-13(2)16(14-8-6-5-7-9-14)17(20)18-15(10-11-19)12-21-3/h5-9,13,15-16,19H,4,10-12H2,1-3H3,(H,18,20). The lowest BCUT2D eigenvalue weighted by atomic mass is 9.84. The fraction of sp³-hybridized carbons (Fsp3) is 0.588. The first-order valence-electron chi connectivity index (χ1n) is 7.59. The molecule has 0 aromatic heterocycles. The van der Waals surface area contributed by atoms with E-state index < -0.39 is 0 Å². The molecular formula is C17H27NO3. The van der Waals surface area contributed by atoms with Crippen LogP contribution >= 0.6 is 0 Å². The Morgan fingerprint density at radius 1 is 1.33 bits per heavy atom. The highest BCUT2D eigenvalue weighted by Crippen LogP contribution is 2.27. The monoisotopic (exact) mass is 293 g/mol. The summed E-state index contributed by atoms with van der Waals surface area (Å²) in [5.41, 5.74) is 1.03. The van der Waals surface area contributed by atoms with Crippen molar-refractivity contribution in [3.05, 3.63) is 35.9 Å². The van der Waals surface area contributed by atoms with Crippen LogP contribution in [0.3, 0.4) is 0 Å². The van der Waals surface area contributed by atoms with E-state index in [-0.39, 0.29) is 30.4 Å². The van der Waals surface area contributed by atoms with Gasteiger partial charge in [0.1, 0.15) is 0 Å². The minimum absolute atomic E-state index is 0.00560. The van der Waals surface area contributed by atoms with E-state index in [2.05, 4.69) is 19.2 Å². The largest absolute Gasteiger partial charge is 0.396 e. The Kier molecular flexibility index (Phi) is 8.01. The van der Waals surface area contributed by atoms with E-state index in [0.717, 1.165) is 12.0 Å². The van der Waals surface area contributed by atoms with Crippen LogP contribution in [0.5, 0.6) is 0 Å². The number of amides is 1. The summed E-state index contributed by atoms with van der Waals surface area (Å²) in [4.78, 5) is 12.7. The number of carbonyl (C=O) groups is 1. The highest BCUT2D eigenvalue weighted by Gasteiger charge is 2.27. The number of hydrogen-bond donors (Lipinski definition) is 2. The van der Waals surface area contributed by atoms with Crippen LogP contribution in [0.15, 0.2) is 30.3 Å². The van der Waals surface area contributed by atoms with Crippen molar-refractivity contribution in [3.8, 4) is 0 Å². The van der Waals surface area contributed by atoms with Crippen molar-refractivity contribution in [2.75, 3.05) is 20.3 Å². The average Bonchev–Trinajstić information content (AvgIpc) is 2.49. The molecule has 21 heavy (non-hydrogen) atoms. The average molecular weight is 293 g/mol. The second kappa shape index (κ2) is 9.53. The molecule has 1 rings (SSSR count). The third-order valence-electron chi connectivity index (χ3n) is 3.85. The summed E-state index contributed by atoms with van der Waals surface area (Å²) >= 11 is 0. The van der Waals surface area contributed by atoms with Gasteiger partial charge in [0, 0.05) is 13.7 Å². The minimum atomic E-state index is -0.172. The first-order chi connectivity index (χ1) is 10.1. The zero-order valence-electron chi connectivity index (χ0n) is 13.2. The van der Waals surface area contributed by atoms with E-state index in [9.17, 15) is 4.79 Å². The van der Waals surface area contributed by atoms with Crippen LogP contribution in [-0.2, 0) is 9.53 Å². The smallest absolute Gasteiger partial charge is 0.228 e. The van der Waals surface area contributed by atoms with Crippen molar-refractivity contribution in [3.63, 3.8) is 0 Å². The van der Waals surface area contributed by atoms with Gasteiger partial charge in [-0.05, 0) is 17.9 Å². The number of hydrogen-bond acceptors (Lipinski definition) is 3. The van der Waals surface area contributed by atoms with Crippen molar-refractivity contribution in [1.29, 1.82) is 0 Å². The fourth-order valence-electron chi connectivity index (χ4n) is 2.48. The lowest BCUT2D eigenvalue weighted by molar-refractivity contribution is -0.124. The predicted octanol–water partition coefficient (Wildman–Crippen LogP) is 2.33. The first-order valence-corrected chi connectivity index (χ1v) is 7.59. The number of ether oxygens (including phenoxy) is 1. The van der Waals surface area contributed by atoms with Crippen LogP contribution in [0, 0.1) is 5.92 Å². The van der Waals surface area contributed by atoms with E-state index in [1.807, 2.05) is 30.3 Å². The molecule has 0 heterocycles. The Morgan fingerprint density at radius 3 is 2.52 bits per heavy atom. The first kappa shape index (κ1) is 17.7. The summed E-state index contributed by atoms with van der Waals surface area (Å²) in [5.74, 6) is 0.0880. The molecule has 118 valence electrons. The van der Waals surface area contributed by atoms with Crippen molar-refractivity contribution >= 4 is 5.91 Å². The number of methoxy groups -OCH3 is 1. The summed E-state index contributed by atoms with van der Waals surface area (Å²) in [5, 5.41) is 12.1. The van der Waals surface area contributed by atoms with E-state index in [1.165, 1.54) is 0 Å². The summed E-state index contributed by atoms with van der Waals surface area (Å²) in [6.07, 6.45) is 1.43. The summed E-state index contributed by atoms with van der Waals surface area (Å²) in [6.45, 7) is 4.63. The molecule has 2 N–H and O–H groups in total. The Morgan fingerprint density at radius 2 is 2.00 bits per heavy atom. The Balaban J connectivity index is 2.85. The highest BCUT2D eigenvalue weighted by atomic mass is 16.5. The second-order valence-electron chi connectivity index (χ2n) is 5.45. The Hall–Kier alpha value is -1.39. The number of nitrogens with one attached hydrogen (secondary N) is 1. The molecule has 4 heteroatoms. The van der Waals surface area contributed by atoms with Gasteiger partial charge in [-0.3, -0.25) is 4.79 Å². The van der Waals surface area contributed by atoms with Gasteiger partial charge >= 0.3 is 0 Å². The van der Waals surface area contributed by atoms with Gasteiger partial charge < -0.3 is 15.2 Å². The molecule has 1 aromatic rings. The van der Waals surface area contributed by atoms with Crippen LogP contribution in [0.1, 0.15) is 38.2 Å². The molecule has 0 aliphatic carbocycles. The van der Waals surface area contributed by atoms with Gasteiger partial charge in [0.05, 0.1) is 18.6 Å². The van der Waals surface area contributed by atoms with Gasteiger partial charge in [0.25, 0.3) is 0 Å². The Labute approximate surface area is 127 Å². The van der Waals surface area contributed by atoms with E-state index in [0.29, 0.717) is 13.0 Å². The van der Waals surface area contributed by atoms with Gasteiger partial charge in [-0.1, -0.05) is 50.6 Å². The maximum absolute atomic E-state index is 12.7. The molecule has 0 saturated heterocycles. The van der Waals surface area contributed by atoms with Gasteiger partial charge in [-0.2, -0.15) is 0 Å². The number of benzene rings is 1. The highest BCUT2D eigenvalue weighted by molar-refractivity contribution is 5.84. The van der Waals surface area contributed by atoms with E-state index in [4.69, 9.17) is 9.84 Å². The van der Waals surface area contributed by atoms with Crippen molar-refractivity contribution < 1.29 is 14.6 Å². The fourth-order valence-corrected chi connectivity index (χ4v) is 2.48. The lowest BCUT2D eigenvalue weighted by Crippen LogP contribution is -2.42. The normalized spacial score (nSPS) is 15.2. The maximum atomic E-state index is 12.7. The number of rotatable bonds is 9. The SMILES string of the molecule is CCC(C)C(C(=O)NC(CCO)COC)c1ccccc1. The van der Waals surface area contributed by atoms with Gasteiger partial charge in [-0.25, -0.2) is 0 Å². The topological polar surface area (TPSA) is 58.6 Å². The molecule has 0 fully saturated rings. The maximum Gasteiger partial charge on any atom is 0.228 e. The van der Waals surface area contributed by atoms with Crippen molar-refractivity contribution in [1.82, 2.24) is 5.32 Å². The molecule has 0 aliphatic heterocycles. The number of carbonyl (C=O) groups excluding carboxylic acids is 1. The van der Waals surface area contributed by atoms with E-state index in [1.54, 1.807) is 7.11 Å². The summed E-state index contributed by atoms with van der Waals surface area (Å²) < 4.78 is 5.10. The van der Waals surface area contributed by atoms with Crippen LogP contribution in [0.25, 0.3) is 0 Å². The zero-order valence-corrected chi connectivity index (χ0v) is 13.2. The quantitative estimate of drug-likeness (QED) is 0.734. The molecule has 0 bridgehead atoms. The van der Waals surface area contributed by atoms with Gasteiger partial charge in [-0.15, -0.1) is 0 Å². The van der Waals surface area contributed by atoms with Gasteiger partial charge in [0.15, 0.2) is 0 Å². The second-order valence-corrected chi connectivity index (χ2v) is 5.45. The summed E-state index contributed by atoms with van der Waals surface area (Å²) in [6, 6.07) is 9.70. The molecule has 3 atom stereocenters. The third-order valence-corrected chi connectivity index (χ3v) is 3.85. The molecule has 0 saturated carbocycles. The Bertz CT molecular complexity index is 402. The minimum Gasteiger partial charge on any atom is -0.396 e. The molecule has 0 spiro atoms. The number of aliphatic hydroxyl groups excluding tert-OH is 1. The molecule has 1 amide bonds. The molecule has 0 aliphatic rings. The van der Waals surface area contributed by atoms with Gasteiger partial charge in [0.2, 0.25) is 5.91 Å². The zero-order chi connectivity index (χ0) is 15.7. The molecular weight excluding hydrogens is 266 g/mol. The molecule has 1 aromatic carbocycles. The summed E-state index contributed by atoms with van der Waals surface area (Å²) in [7, 11) is 1.60. The van der Waals surface area contributed by atoms with Crippen LogP contribution in [0.2, 0.25) is 0 Å². The van der Waals surface area contributed by atoms with Crippen LogP contribution in [0.4, 0.5) is 0 Å². The van der Waals surface area contributed by atoms with E-state index >= 15 is 0 Å². The molecule has 0 radical (unpaired) electrons. The van der Waals surface area contributed by atoms with Crippen LogP contribution in [-0.4, -0.2) is 37.4 Å². The molecule has 3 unspecified atom stereocenters. The predicted molar refractivity (Wildman–Crippen MR) is 84.1 cm³/mol. The van der Waals surface area contributed by atoms with Crippen molar-refractivity contribution in [2.45, 2.75) is 38.6 Å². The number of aliphatic hydroxyl groups is 1. The molecule has 4 nitrogen and oxygen atoms in total. The lowest BCUT2D eigenvalue weighted by Gasteiger charge is -2.26. The third kappa shape index (κ3) is 5.48. The van der Waals surface area contributed by atoms with Crippen molar-refractivity contribution in [2.24, 2.45) is 5.92 Å².